The van der Waals surface area contributed by atoms with Gasteiger partial charge in [0, 0.05) is 13.1 Å². The maximum atomic E-state index is 12.9. The number of benzene rings is 2. The predicted octanol–water partition coefficient (Wildman–Crippen LogP) is 3.92. The molecule has 0 fully saturated rings. The summed E-state index contributed by atoms with van der Waals surface area (Å²) >= 11 is 0. The van der Waals surface area contributed by atoms with Crippen LogP contribution in [0.25, 0.3) is 0 Å². The highest BCUT2D eigenvalue weighted by Gasteiger charge is 2.22. The molecular formula is C22H28N2O5S. The molecule has 30 heavy (non-hydrogen) atoms. The molecule has 0 aromatic heterocycles. The SMILES string of the molecule is CCCCc1ccc(S(=O)(=O)Nc2cc3c(cc2OC)CCN(C(=O)O)CC3)cc1. The Hall–Kier alpha value is -2.74. The van der Waals surface area contributed by atoms with Gasteiger partial charge in [-0.1, -0.05) is 25.5 Å². The molecule has 0 spiro atoms. The van der Waals surface area contributed by atoms with Crippen LogP contribution in [0.1, 0.15) is 36.5 Å². The number of rotatable bonds is 7. The lowest BCUT2D eigenvalue weighted by Crippen LogP contribution is -2.31. The van der Waals surface area contributed by atoms with Crippen LogP contribution in [0, 0.1) is 0 Å². The molecule has 0 radical (unpaired) electrons. The van der Waals surface area contributed by atoms with Gasteiger partial charge in [0.2, 0.25) is 0 Å². The molecule has 0 atom stereocenters. The van der Waals surface area contributed by atoms with Gasteiger partial charge in [0.25, 0.3) is 10.0 Å². The Morgan fingerprint density at radius 3 is 2.33 bits per heavy atom. The normalized spacial score (nSPS) is 14.0. The maximum absolute atomic E-state index is 12.9. The van der Waals surface area contributed by atoms with Crippen LogP contribution in [-0.2, 0) is 29.3 Å². The Kier molecular flexibility index (Phi) is 6.87. The lowest BCUT2D eigenvalue weighted by Gasteiger charge is -2.16. The molecule has 2 N–H and O–H groups in total. The van der Waals surface area contributed by atoms with Gasteiger partial charge >= 0.3 is 6.09 Å². The summed E-state index contributed by atoms with van der Waals surface area (Å²) in [7, 11) is -2.29. The minimum atomic E-state index is -3.78. The number of amides is 1. The van der Waals surface area contributed by atoms with Crippen molar-refractivity contribution < 1.29 is 23.1 Å². The number of hydrogen-bond donors (Lipinski definition) is 2. The molecule has 8 heteroatoms. The molecule has 0 bridgehead atoms. The fourth-order valence-electron chi connectivity index (χ4n) is 3.61. The summed E-state index contributed by atoms with van der Waals surface area (Å²) in [5, 5.41) is 9.25. The van der Waals surface area contributed by atoms with Crippen molar-refractivity contribution in [2.45, 2.75) is 43.9 Å². The molecule has 1 aliphatic rings. The van der Waals surface area contributed by atoms with Crippen LogP contribution < -0.4 is 9.46 Å². The van der Waals surface area contributed by atoms with Gasteiger partial charge in [-0.15, -0.1) is 0 Å². The number of anilines is 1. The van der Waals surface area contributed by atoms with Crippen molar-refractivity contribution in [3.63, 3.8) is 0 Å². The zero-order valence-corrected chi connectivity index (χ0v) is 18.2. The van der Waals surface area contributed by atoms with Crippen LogP contribution in [-0.4, -0.2) is 44.7 Å². The van der Waals surface area contributed by atoms with Gasteiger partial charge in [0.15, 0.2) is 0 Å². The maximum Gasteiger partial charge on any atom is 0.407 e. The Bertz CT molecular complexity index is 1000. The lowest BCUT2D eigenvalue weighted by atomic mass is 10.0. The molecule has 0 aliphatic carbocycles. The number of carbonyl (C=O) groups is 1. The summed E-state index contributed by atoms with van der Waals surface area (Å²) in [6.45, 7) is 2.90. The topological polar surface area (TPSA) is 95.9 Å². The van der Waals surface area contributed by atoms with E-state index in [4.69, 9.17) is 4.74 Å². The molecule has 3 rings (SSSR count). The van der Waals surface area contributed by atoms with Crippen LogP contribution >= 0.6 is 0 Å². The number of carboxylic acid groups (broad SMARTS) is 1. The summed E-state index contributed by atoms with van der Waals surface area (Å²) in [5.74, 6) is 0.417. The van der Waals surface area contributed by atoms with E-state index in [0.29, 0.717) is 37.4 Å². The van der Waals surface area contributed by atoms with E-state index in [9.17, 15) is 18.3 Å². The number of aryl methyl sites for hydroxylation is 1. The van der Waals surface area contributed by atoms with Crippen molar-refractivity contribution >= 4 is 21.8 Å². The number of ether oxygens (including phenoxy) is 1. The first-order chi connectivity index (χ1) is 14.3. The van der Waals surface area contributed by atoms with E-state index in [1.165, 1.54) is 12.0 Å². The van der Waals surface area contributed by atoms with Gasteiger partial charge in [-0.3, -0.25) is 4.72 Å². The third-order valence-corrected chi connectivity index (χ3v) is 6.77. The number of hydrogen-bond acceptors (Lipinski definition) is 4. The molecule has 2 aromatic rings. The van der Waals surface area contributed by atoms with Crippen molar-refractivity contribution in [1.82, 2.24) is 4.90 Å². The summed E-state index contributed by atoms with van der Waals surface area (Å²) in [4.78, 5) is 12.8. The Morgan fingerprint density at radius 2 is 1.77 bits per heavy atom. The van der Waals surface area contributed by atoms with E-state index in [2.05, 4.69) is 11.6 Å². The summed E-state index contributed by atoms with van der Waals surface area (Å²) in [6.07, 6.45) is 3.21. The van der Waals surface area contributed by atoms with E-state index in [1.807, 2.05) is 12.1 Å². The first-order valence-corrected chi connectivity index (χ1v) is 11.6. The number of fused-ring (bicyclic) bond motifs is 1. The van der Waals surface area contributed by atoms with Gasteiger partial charge in [0.1, 0.15) is 5.75 Å². The highest BCUT2D eigenvalue weighted by atomic mass is 32.2. The third-order valence-electron chi connectivity index (χ3n) is 5.39. The molecule has 1 amide bonds. The Balaban J connectivity index is 1.84. The molecule has 1 heterocycles. The van der Waals surface area contributed by atoms with E-state index in [0.717, 1.165) is 36.0 Å². The van der Waals surface area contributed by atoms with Gasteiger partial charge < -0.3 is 14.7 Å². The van der Waals surface area contributed by atoms with Crippen molar-refractivity contribution in [2.75, 3.05) is 24.9 Å². The van der Waals surface area contributed by atoms with Crippen molar-refractivity contribution in [3.05, 3.63) is 53.1 Å². The van der Waals surface area contributed by atoms with Gasteiger partial charge in [-0.05, 0) is 66.6 Å². The molecule has 0 unspecified atom stereocenters. The number of methoxy groups -OCH3 is 1. The lowest BCUT2D eigenvalue weighted by molar-refractivity contribution is 0.147. The van der Waals surface area contributed by atoms with Crippen molar-refractivity contribution in [3.8, 4) is 5.75 Å². The summed E-state index contributed by atoms with van der Waals surface area (Å²) < 4.78 is 33.9. The molecule has 2 aromatic carbocycles. The van der Waals surface area contributed by atoms with E-state index < -0.39 is 16.1 Å². The van der Waals surface area contributed by atoms with Crippen LogP contribution in [0.4, 0.5) is 10.5 Å². The van der Waals surface area contributed by atoms with Crippen molar-refractivity contribution in [2.24, 2.45) is 0 Å². The predicted molar refractivity (Wildman–Crippen MR) is 116 cm³/mol. The number of nitrogens with zero attached hydrogens (tertiary/aromatic N) is 1. The second-order valence-corrected chi connectivity index (χ2v) is 9.13. The largest absolute Gasteiger partial charge is 0.495 e. The third kappa shape index (κ3) is 5.05. The van der Waals surface area contributed by atoms with Crippen LogP contribution in [0.15, 0.2) is 41.3 Å². The molecule has 0 saturated heterocycles. The highest BCUT2D eigenvalue weighted by molar-refractivity contribution is 7.92. The quantitative estimate of drug-likeness (QED) is 0.691. The number of unbranched alkanes of at least 4 members (excludes halogenated alkanes) is 1. The smallest absolute Gasteiger partial charge is 0.407 e. The fraction of sp³-hybridized carbons (Fsp3) is 0.409. The van der Waals surface area contributed by atoms with E-state index >= 15 is 0 Å². The van der Waals surface area contributed by atoms with Crippen LogP contribution in [0.2, 0.25) is 0 Å². The first-order valence-electron chi connectivity index (χ1n) is 10.1. The summed E-state index contributed by atoms with van der Waals surface area (Å²) in [6, 6.07) is 10.5. The molecule has 7 nitrogen and oxygen atoms in total. The minimum Gasteiger partial charge on any atom is -0.495 e. The van der Waals surface area contributed by atoms with Crippen LogP contribution in [0.3, 0.4) is 0 Å². The zero-order valence-electron chi connectivity index (χ0n) is 17.3. The number of nitrogens with one attached hydrogen (secondary N) is 1. The second-order valence-electron chi connectivity index (χ2n) is 7.44. The van der Waals surface area contributed by atoms with E-state index in [-0.39, 0.29) is 4.90 Å². The standard InChI is InChI=1S/C22H28N2O5S/c1-3-4-5-16-6-8-19(9-7-16)30(27,28)23-20-14-17-10-12-24(22(25)26)13-11-18(17)15-21(20)29-2/h6-9,14-15,23H,3-5,10-13H2,1-2H3,(H,25,26). The van der Waals surface area contributed by atoms with Crippen LogP contribution in [0.5, 0.6) is 5.75 Å². The second kappa shape index (κ2) is 9.38. The summed E-state index contributed by atoms with van der Waals surface area (Å²) in [5.41, 5.74) is 3.36. The molecular weight excluding hydrogens is 404 g/mol. The first kappa shape index (κ1) is 22.0. The van der Waals surface area contributed by atoms with Crippen molar-refractivity contribution in [1.29, 1.82) is 0 Å². The Morgan fingerprint density at radius 1 is 1.13 bits per heavy atom. The molecule has 1 aliphatic heterocycles. The minimum absolute atomic E-state index is 0.191. The molecule has 0 saturated carbocycles. The average molecular weight is 433 g/mol. The highest BCUT2D eigenvalue weighted by Crippen LogP contribution is 2.32. The average Bonchev–Trinajstić information content (AvgIpc) is 2.94. The van der Waals surface area contributed by atoms with Gasteiger partial charge in [-0.25, -0.2) is 13.2 Å². The Labute approximate surface area is 177 Å². The van der Waals surface area contributed by atoms with E-state index in [1.54, 1.807) is 24.3 Å². The number of sulfonamides is 1. The fourth-order valence-corrected chi connectivity index (χ4v) is 4.68. The zero-order chi connectivity index (χ0) is 21.7. The van der Waals surface area contributed by atoms with Gasteiger partial charge in [0.05, 0.1) is 17.7 Å². The molecule has 162 valence electrons. The monoisotopic (exact) mass is 432 g/mol. The van der Waals surface area contributed by atoms with Gasteiger partial charge in [-0.2, -0.15) is 0 Å².